The van der Waals surface area contributed by atoms with Gasteiger partial charge in [0.1, 0.15) is 0 Å². The van der Waals surface area contributed by atoms with E-state index in [4.69, 9.17) is 4.74 Å². The van der Waals surface area contributed by atoms with Crippen molar-refractivity contribution < 1.29 is 19.7 Å². The second-order valence-electron chi connectivity index (χ2n) is 8.11. The number of ether oxygens (including phenoxy) is 1. The summed E-state index contributed by atoms with van der Waals surface area (Å²) in [6.07, 6.45) is 0.722. The molecule has 1 fully saturated rings. The molecular weight excluding hydrogens is 294 g/mol. The van der Waals surface area contributed by atoms with Crippen molar-refractivity contribution in [3.05, 3.63) is 23.3 Å². The van der Waals surface area contributed by atoms with Crippen LogP contribution in [0.15, 0.2) is 12.1 Å². The van der Waals surface area contributed by atoms with E-state index in [0.29, 0.717) is 25.0 Å². The Morgan fingerprint density at radius 3 is 2.78 bits per heavy atom. The predicted molar refractivity (Wildman–Crippen MR) is 84.8 cm³/mol. The topological polar surface area (TPSA) is 78.8 Å². The van der Waals surface area contributed by atoms with E-state index in [1.807, 2.05) is 6.07 Å². The van der Waals surface area contributed by atoms with Gasteiger partial charge in [-0.05, 0) is 45.2 Å². The van der Waals surface area contributed by atoms with Crippen molar-refractivity contribution in [3.8, 4) is 11.5 Å². The molecule has 2 aliphatic carbocycles. The van der Waals surface area contributed by atoms with Crippen LogP contribution in [0.4, 0.5) is 0 Å². The molecule has 0 saturated heterocycles. The van der Waals surface area contributed by atoms with Crippen LogP contribution in [0.3, 0.4) is 0 Å². The van der Waals surface area contributed by atoms with Gasteiger partial charge in [-0.15, -0.1) is 0 Å². The third-order valence-electron chi connectivity index (χ3n) is 5.39. The Balaban J connectivity index is 1.87. The molecular formula is C18H23NO4. The summed E-state index contributed by atoms with van der Waals surface area (Å²) in [4.78, 5) is 12.3. The van der Waals surface area contributed by atoms with Gasteiger partial charge in [-0.25, -0.2) is 0 Å². The first-order valence-electron chi connectivity index (χ1n) is 8.25. The molecule has 0 aromatic heterocycles. The van der Waals surface area contributed by atoms with Gasteiger partial charge in [0.2, 0.25) is 0 Å². The van der Waals surface area contributed by atoms with Gasteiger partial charge in [-0.3, -0.25) is 4.79 Å². The lowest BCUT2D eigenvalue weighted by atomic mass is 9.61. The molecule has 2 unspecified atom stereocenters. The van der Waals surface area contributed by atoms with Crippen LogP contribution in [0.1, 0.15) is 50.7 Å². The van der Waals surface area contributed by atoms with E-state index in [1.54, 1.807) is 6.07 Å². The summed E-state index contributed by atoms with van der Waals surface area (Å²) in [7, 11) is 0. The maximum atomic E-state index is 12.3. The van der Waals surface area contributed by atoms with Gasteiger partial charge < -0.3 is 20.3 Å². The third-order valence-corrected chi connectivity index (χ3v) is 5.39. The molecule has 1 aliphatic heterocycles. The summed E-state index contributed by atoms with van der Waals surface area (Å²) in [5, 5.41) is 25.1. The zero-order valence-electron chi connectivity index (χ0n) is 13.7. The molecule has 5 heteroatoms. The average Bonchev–Trinajstić information content (AvgIpc) is 2.86. The lowest BCUT2D eigenvalue weighted by Crippen LogP contribution is -2.65. The third kappa shape index (κ3) is 2.03. The molecule has 23 heavy (non-hydrogen) atoms. The molecule has 0 spiro atoms. The molecule has 5 nitrogen and oxygen atoms in total. The molecule has 0 bridgehead atoms. The number of benzene rings is 1. The quantitative estimate of drug-likeness (QED) is 0.734. The first-order valence-corrected chi connectivity index (χ1v) is 8.25. The normalized spacial score (nSPS) is 35.0. The van der Waals surface area contributed by atoms with Gasteiger partial charge in [0.15, 0.2) is 23.4 Å². The van der Waals surface area contributed by atoms with Crippen molar-refractivity contribution in [2.45, 2.75) is 69.2 Å². The second kappa shape index (κ2) is 4.48. The standard InChI is InChI=1S/C18H23NO4/c1-17(2,3)19-12-8-9-4-5-10(20)15-13(9)14-16(23-15)11(21)6-7-18(12,14)22/h4-5,12,14,16,19-20,22H,6-8H2,1-3H3/t12?,14?,16-,18+/m0/s1. The predicted octanol–water partition coefficient (Wildman–Crippen LogP) is 1.64. The fourth-order valence-corrected chi connectivity index (χ4v) is 4.49. The SMILES string of the molecule is CC(C)(C)NC1Cc2ccc(O)c3c2C2[C@@H](O3)C(=O)CC[C@@]12O. The van der Waals surface area contributed by atoms with E-state index in [-0.39, 0.29) is 23.1 Å². The Bertz CT molecular complexity index is 693. The summed E-state index contributed by atoms with van der Waals surface area (Å²) in [5.41, 5.74) is 0.704. The van der Waals surface area contributed by atoms with Crippen LogP contribution in [0.25, 0.3) is 0 Å². The number of aromatic hydroxyl groups is 1. The Labute approximate surface area is 135 Å². The van der Waals surface area contributed by atoms with Crippen LogP contribution in [-0.2, 0) is 11.2 Å². The molecule has 4 atom stereocenters. The van der Waals surface area contributed by atoms with Crippen molar-refractivity contribution in [3.63, 3.8) is 0 Å². The van der Waals surface area contributed by atoms with Crippen molar-refractivity contribution >= 4 is 5.78 Å². The largest absolute Gasteiger partial charge is 0.504 e. The first kappa shape index (κ1) is 15.0. The van der Waals surface area contributed by atoms with Crippen LogP contribution in [0.2, 0.25) is 0 Å². The highest BCUT2D eigenvalue weighted by Crippen LogP contribution is 2.57. The maximum absolute atomic E-state index is 12.3. The number of hydrogen-bond donors (Lipinski definition) is 3. The molecule has 3 N–H and O–H groups in total. The molecule has 4 rings (SSSR count). The monoisotopic (exact) mass is 317 g/mol. The van der Waals surface area contributed by atoms with E-state index in [9.17, 15) is 15.0 Å². The van der Waals surface area contributed by atoms with Gasteiger partial charge in [-0.2, -0.15) is 0 Å². The number of rotatable bonds is 1. The highest BCUT2D eigenvalue weighted by Gasteiger charge is 2.61. The van der Waals surface area contributed by atoms with Gasteiger partial charge >= 0.3 is 0 Å². The average molecular weight is 317 g/mol. The molecule has 1 saturated carbocycles. The zero-order chi connectivity index (χ0) is 16.6. The van der Waals surface area contributed by atoms with E-state index in [2.05, 4.69) is 26.1 Å². The first-order chi connectivity index (χ1) is 10.7. The van der Waals surface area contributed by atoms with Gasteiger partial charge in [0, 0.05) is 23.6 Å². The van der Waals surface area contributed by atoms with Gasteiger partial charge in [0.05, 0.1) is 11.5 Å². The molecule has 1 aromatic rings. The summed E-state index contributed by atoms with van der Waals surface area (Å²) in [6.45, 7) is 6.22. The van der Waals surface area contributed by atoms with Crippen molar-refractivity contribution in [2.24, 2.45) is 0 Å². The minimum Gasteiger partial charge on any atom is -0.504 e. The van der Waals surface area contributed by atoms with E-state index < -0.39 is 17.6 Å². The van der Waals surface area contributed by atoms with E-state index >= 15 is 0 Å². The lowest BCUT2D eigenvalue weighted by molar-refractivity contribution is -0.141. The van der Waals surface area contributed by atoms with E-state index in [1.165, 1.54) is 0 Å². The van der Waals surface area contributed by atoms with Crippen molar-refractivity contribution in [1.29, 1.82) is 0 Å². The summed E-state index contributed by atoms with van der Waals surface area (Å²) >= 11 is 0. The van der Waals surface area contributed by atoms with Crippen LogP contribution in [0.5, 0.6) is 11.5 Å². The number of Topliss-reactive ketones (excluding diaryl/α,β-unsaturated/α-hetero) is 1. The molecule has 3 aliphatic rings. The molecule has 0 amide bonds. The smallest absolute Gasteiger partial charge is 0.174 e. The molecule has 1 aromatic carbocycles. The summed E-state index contributed by atoms with van der Waals surface area (Å²) < 4.78 is 5.80. The van der Waals surface area contributed by atoms with Crippen LogP contribution in [0, 0.1) is 0 Å². The summed E-state index contributed by atoms with van der Waals surface area (Å²) in [5.74, 6) is 0.0583. The number of ketones is 1. The fourth-order valence-electron chi connectivity index (χ4n) is 4.49. The number of aliphatic hydroxyl groups is 1. The maximum Gasteiger partial charge on any atom is 0.174 e. The Kier molecular flexibility index (Phi) is 2.92. The Morgan fingerprint density at radius 1 is 1.35 bits per heavy atom. The molecule has 1 heterocycles. The molecule has 124 valence electrons. The van der Waals surface area contributed by atoms with Crippen molar-refractivity contribution in [2.75, 3.05) is 0 Å². The summed E-state index contributed by atoms with van der Waals surface area (Å²) in [6, 6.07) is 3.36. The van der Waals surface area contributed by atoms with Crippen LogP contribution >= 0.6 is 0 Å². The van der Waals surface area contributed by atoms with Crippen LogP contribution in [-0.4, -0.2) is 39.3 Å². The Hall–Kier alpha value is -1.59. The van der Waals surface area contributed by atoms with Crippen molar-refractivity contribution in [1.82, 2.24) is 5.32 Å². The fraction of sp³-hybridized carbons (Fsp3) is 0.611. The number of carbonyl (C=O) groups is 1. The highest BCUT2D eigenvalue weighted by atomic mass is 16.5. The van der Waals surface area contributed by atoms with Gasteiger partial charge in [0.25, 0.3) is 0 Å². The van der Waals surface area contributed by atoms with Gasteiger partial charge in [-0.1, -0.05) is 6.07 Å². The highest BCUT2D eigenvalue weighted by molar-refractivity contribution is 5.88. The second-order valence-corrected chi connectivity index (χ2v) is 8.11. The number of phenolic OH excluding ortho intramolecular Hbond substituents is 1. The minimum absolute atomic E-state index is 0.0117. The van der Waals surface area contributed by atoms with E-state index in [0.717, 1.165) is 11.1 Å². The Morgan fingerprint density at radius 2 is 2.09 bits per heavy atom. The van der Waals surface area contributed by atoms with Crippen LogP contribution < -0.4 is 10.1 Å². The zero-order valence-corrected chi connectivity index (χ0v) is 13.7. The number of carbonyl (C=O) groups excluding carboxylic acids is 1. The number of hydrogen-bond acceptors (Lipinski definition) is 5. The lowest BCUT2D eigenvalue weighted by Gasteiger charge is -2.50. The number of phenols is 1. The molecule has 0 radical (unpaired) electrons. The minimum atomic E-state index is -1.03. The number of nitrogens with one attached hydrogen (secondary N) is 1.